The zero-order chi connectivity index (χ0) is 14.4. The van der Waals surface area contributed by atoms with Gasteiger partial charge in [-0.1, -0.05) is 17.7 Å². The zero-order valence-electron chi connectivity index (χ0n) is 11.4. The second kappa shape index (κ2) is 6.65. The predicted octanol–water partition coefficient (Wildman–Crippen LogP) is 1.37. The molecule has 1 amide bonds. The highest BCUT2D eigenvalue weighted by Gasteiger charge is 2.04. The average Bonchev–Trinajstić information content (AvgIpc) is 2.46. The summed E-state index contributed by atoms with van der Waals surface area (Å²) < 4.78 is 1.39. The molecule has 1 aromatic carbocycles. The van der Waals surface area contributed by atoms with E-state index in [4.69, 9.17) is 0 Å². The first-order valence-corrected chi connectivity index (χ1v) is 6.54. The third kappa shape index (κ3) is 3.78. The molecule has 2 aromatic rings. The van der Waals surface area contributed by atoms with Crippen molar-refractivity contribution in [2.75, 3.05) is 6.54 Å². The van der Waals surface area contributed by atoms with Crippen LogP contribution in [0.2, 0.25) is 0 Å². The minimum Gasteiger partial charge on any atom is -0.352 e. The fourth-order valence-corrected chi connectivity index (χ4v) is 1.79. The van der Waals surface area contributed by atoms with E-state index in [0.29, 0.717) is 25.1 Å². The molecule has 0 unspecified atom stereocenters. The lowest BCUT2D eigenvalue weighted by Gasteiger charge is -2.06. The van der Waals surface area contributed by atoms with Gasteiger partial charge in [-0.3, -0.25) is 9.59 Å². The van der Waals surface area contributed by atoms with Crippen LogP contribution in [-0.2, 0) is 6.54 Å². The molecule has 0 atom stereocenters. The molecule has 0 spiro atoms. The van der Waals surface area contributed by atoms with Crippen LogP contribution in [0.1, 0.15) is 22.3 Å². The number of aromatic nitrogens is 2. The van der Waals surface area contributed by atoms with Crippen molar-refractivity contribution in [3.63, 3.8) is 0 Å². The van der Waals surface area contributed by atoms with Gasteiger partial charge in [0, 0.05) is 30.9 Å². The van der Waals surface area contributed by atoms with Gasteiger partial charge in [-0.05, 0) is 31.5 Å². The Hall–Kier alpha value is -2.43. The average molecular weight is 271 g/mol. The van der Waals surface area contributed by atoms with Gasteiger partial charge in [-0.25, -0.2) is 4.68 Å². The predicted molar refractivity (Wildman–Crippen MR) is 76.6 cm³/mol. The van der Waals surface area contributed by atoms with Crippen molar-refractivity contribution in [3.05, 3.63) is 64.1 Å². The Morgan fingerprint density at radius 2 is 2.00 bits per heavy atom. The highest BCUT2D eigenvalue weighted by atomic mass is 16.1. The highest BCUT2D eigenvalue weighted by molar-refractivity contribution is 5.94. The molecule has 104 valence electrons. The van der Waals surface area contributed by atoms with E-state index >= 15 is 0 Å². The Morgan fingerprint density at radius 1 is 1.25 bits per heavy atom. The number of hydrogen-bond donors (Lipinski definition) is 1. The van der Waals surface area contributed by atoms with Crippen molar-refractivity contribution in [1.29, 1.82) is 0 Å². The Labute approximate surface area is 117 Å². The first-order chi connectivity index (χ1) is 9.66. The Balaban J connectivity index is 1.79. The van der Waals surface area contributed by atoms with E-state index in [9.17, 15) is 9.59 Å². The fraction of sp³-hybridized carbons (Fsp3) is 0.267. The van der Waals surface area contributed by atoms with Gasteiger partial charge in [0.25, 0.3) is 11.5 Å². The lowest BCUT2D eigenvalue weighted by Crippen LogP contribution is -2.27. The summed E-state index contributed by atoms with van der Waals surface area (Å²) in [5.74, 6) is -0.0987. The minimum absolute atomic E-state index is 0.0987. The van der Waals surface area contributed by atoms with Crippen LogP contribution >= 0.6 is 0 Å². The van der Waals surface area contributed by atoms with Gasteiger partial charge in [-0.2, -0.15) is 5.10 Å². The molecule has 0 bridgehead atoms. The molecule has 20 heavy (non-hydrogen) atoms. The second-order valence-electron chi connectivity index (χ2n) is 4.56. The molecule has 0 aliphatic carbocycles. The molecule has 2 rings (SSSR count). The molecule has 0 radical (unpaired) electrons. The van der Waals surface area contributed by atoms with Crippen LogP contribution in [0.3, 0.4) is 0 Å². The van der Waals surface area contributed by atoms with Crippen molar-refractivity contribution in [2.45, 2.75) is 19.9 Å². The van der Waals surface area contributed by atoms with E-state index in [1.807, 2.05) is 19.1 Å². The number of nitrogens with one attached hydrogen (secondary N) is 1. The number of aryl methyl sites for hydroxylation is 2. The SMILES string of the molecule is Cc1ccc(C(=O)NCCCn2ncccc2=O)cc1. The third-order valence-corrected chi connectivity index (χ3v) is 2.93. The minimum atomic E-state index is -0.127. The van der Waals surface area contributed by atoms with Crippen LogP contribution in [0.15, 0.2) is 47.4 Å². The fourth-order valence-electron chi connectivity index (χ4n) is 1.79. The van der Waals surface area contributed by atoms with Crippen LogP contribution < -0.4 is 10.9 Å². The van der Waals surface area contributed by atoms with Crippen molar-refractivity contribution >= 4 is 5.91 Å². The van der Waals surface area contributed by atoms with E-state index in [1.165, 1.54) is 10.7 Å². The van der Waals surface area contributed by atoms with Crippen LogP contribution in [0.25, 0.3) is 0 Å². The summed E-state index contributed by atoms with van der Waals surface area (Å²) in [5, 5.41) is 6.78. The number of carbonyl (C=O) groups excluding carboxylic acids is 1. The smallest absolute Gasteiger partial charge is 0.266 e. The number of hydrogen-bond acceptors (Lipinski definition) is 3. The topological polar surface area (TPSA) is 64.0 Å². The van der Waals surface area contributed by atoms with Gasteiger partial charge in [0.15, 0.2) is 0 Å². The molecule has 0 aliphatic rings. The highest BCUT2D eigenvalue weighted by Crippen LogP contribution is 2.02. The number of nitrogens with zero attached hydrogens (tertiary/aromatic N) is 2. The van der Waals surface area contributed by atoms with Crippen molar-refractivity contribution in [2.24, 2.45) is 0 Å². The number of carbonyl (C=O) groups is 1. The maximum absolute atomic E-state index is 11.8. The standard InChI is InChI=1S/C15H17N3O2/c1-12-5-7-13(8-6-12)15(20)16-9-3-11-18-14(19)4-2-10-17-18/h2,4-8,10H,3,9,11H2,1H3,(H,16,20). The van der Waals surface area contributed by atoms with E-state index in [2.05, 4.69) is 10.4 Å². The quantitative estimate of drug-likeness (QED) is 0.835. The summed E-state index contributed by atoms with van der Waals surface area (Å²) in [4.78, 5) is 23.3. The maximum atomic E-state index is 11.8. The van der Waals surface area contributed by atoms with Crippen LogP contribution in [-0.4, -0.2) is 22.2 Å². The molecule has 5 heteroatoms. The monoisotopic (exact) mass is 271 g/mol. The van der Waals surface area contributed by atoms with E-state index in [-0.39, 0.29) is 11.5 Å². The van der Waals surface area contributed by atoms with Gasteiger partial charge in [0.05, 0.1) is 0 Å². The molecule has 0 fully saturated rings. The number of benzene rings is 1. The Kier molecular flexibility index (Phi) is 4.65. The molecular weight excluding hydrogens is 254 g/mol. The van der Waals surface area contributed by atoms with E-state index in [0.717, 1.165) is 5.56 Å². The molecule has 0 saturated heterocycles. The van der Waals surface area contributed by atoms with Gasteiger partial charge in [0.1, 0.15) is 0 Å². The van der Waals surface area contributed by atoms with Gasteiger partial charge < -0.3 is 5.32 Å². The summed E-state index contributed by atoms with van der Waals surface area (Å²) in [6, 6.07) is 10.5. The van der Waals surface area contributed by atoms with Gasteiger partial charge in [-0.15, -0.1) is 0 Å². The van der Waals surface area contributed by atoms with Crippen molar-refractivity contribution in [1.82, 2.24) is 15.1 Å². The Bertz CT molecular complexity index is 632. The van der Waals surface area contributed by atoms with Crippen LogP contribution in [0.4, 0.5) is 0 Å². The second-order valence-corrected chi connectivity index (χ2v) is 4.56. The molecule has 5 nitrogen and oxygen atoms in total. The molecule has 0 saturated carbocycles. The summed E-state index contributed by atoms with van der Waals surface area (Å²) in [6.07, 6.45) is 2.24. The first-order valence-electron chi connectivity index (χ1n) is 6.54. The van der Waals surface area contributed by atoms with Gasteiger partial charge >= 0.3 is 0 Å². The lowest BCUT2D eigenvalue weighted by atomic mass is 10.1. The number of amides is 1. The van der Waals surface area contributed by atoms with Crippen LogP contribution in [0, 0.1) is 6.92 Å². The lowest BCUT2D eigenvalue weighted by molar-refractivity contribution is 0.0952. The summed E-state index contributed by atoms with van der Waals surface area (Å²) >= 11 is 0. The normalized spacial score (nSPS) is 10.2. The van der Waals surface area contributed by atoms with Gasteiger partial charge in [0.2, 0.25) is 0 Å². The summed E-state index contributed by atoms with van der Waals surface area (Å²) in [7, 11) is 0. The molecule has 1 N–H and O–H groups in total. The summed E-state index contributed by atoms with van der Waals surface area (Å²) in [6.45, 7) is 2.98. The molecule has 1 aromatic heterocycles. The number of rotatable bonds is 5. The Morgan fingerprint density at radius 3 is 2.70 bits per heavy atom. The summed E-state index contributed by atoms with van der Waals surface area (Å²) in [5.41, 5.74) is 1.64. The maximum Gasteiger partial charge on any atom is 0.266 e. The van der Waals surface area contributed by atoms with E-state index < -0.39 is 0 Å². The largest absolute Gasteiger partial charge is 0.352 e. The molecule has 0 aliphatic heterocycles. The molecular formula is C15H17N3O2. The van der Waals surface area contributed by atoms with Crippen LogP contribution in [0.5, 0.6) is 0 Å². The third-order valence-electron chi connectivity index (χ3n) is 2.93. The molecule has 1 heterocycles. The van der Waals surface area contributed by atoms with Crippen molar-refractivity contribution in [3.8, 4) is 0 Å². The van der Waals surface area contributed by atoms with E-state index in [1.54, 1.807) is 24.4 Å². The zero-order valence-corrected chi connectivity index (χ0v) is 11.4. The van der Waals surface area contributed by atoms with Crippen molar-refractivity contribution < 1.29 is 4.79 Å². The first kappa shape index (κ1) is 14.0.